The van der Waals surface area contributed by atoms with E-state index in [4.69, 9.17) is 5.26 Å². The number of nitrogens with zero attached hydrogens (tertiary/aromatic N) is 5. The van der Waals surface area contributed by atoms with Crippen LogP contribution in [0.15, 0.2) is 57.8 Å². The summed E-state index contributed by atoms with van der Waals surface area (Å²) < 4.78 is 76.8. The van der Waals surface area contributed by atoms with E-state index in [1.165, 1.54) is 12.1 Å². The first-order chi connectivity index (χ1) is 13.9. The molecule has 2 aromatic carbocycles. The van der Waals surface area contributed by atoms with Gasteiger partial charge in [-0.2, -0.15) is 31.6 Å². The van der Waals surface area contributed by atoms with Gasteiger partial charge in [0.05, 0.1) is 21.9 Å². The zero-order valence-electron chi connectivity index (χ0n) is 14.4. The molecule has 14 heteroatoms. The maximum absolute atomic E-state index is 12.9. The zero-order valence-corrected chi connectivity index (χ0v) is 14.4. The highest BCUT2D eigenvalue weighted by Gasteiger charge is 2.38. The van der Waals surface area contributed by atoms with Gasteiger partial charge in [-0.1, -0.05) is 6.07 Å². The number of nitro benzene ring substituents is 1. The molecule has 0 saturated carbocycles. The van der Waals surface area contributed by atoms with Crippen LogP contribution in [0.3, 0.4) is 0 Å². The SMILES string of the molecule is N#C/C(N=Nc1ccc([N+](=O)[O-])c(C(F)(F)F)c1)=N/Nc1cccc(C(F)(F)F)c1. The third-order valence-electron chi connectivity index (χ3n) is 3.32. The van der Waals surface area contributed by atoms with Crippen LogP contribution < -0.4 is 5.43 Å². The molecule has 0 radical (unpaired) electrons. The van der Waals surface area contributed by atoms with Crippen molar-refractivity contribution in [2.24, 2.45) is 15.3 Å². The molecule has 8 nitrogen and oxygen atoms in total. The van der Waals surface area contributed by atoms with Crippen molar-refractivity contribution in [3.63, 3.8) is 0 Å². The van der Waals surface area contributed by atoms with Crippen LogP contribution in [0.5, 0.6) is 0 Å². The number of benzene rings is 2. The van der Waals surface area contributed by atoms with Crippen LogP contribution in [0.4, 0.5) is 43.4 Å². The van der Waals surface area contributed by atoms with Gasteiger partial charge in [-0.15, -0.1) is 15.3 Å². The molecule has 0 amide bonds. The average Bonchev–Trinajstić information content (AvgIpc) is 2.66. The van der Waals surface area contributed by atoms with Gasteiger partial charge in [0, 0.05) is 6.07 Å². The van der Waals surface area contributed by atoms with E-state index in [1.807, 2.05) is 0 Å². The Morgan fingerprint density at radius 3 is 2.33 bits per heavy atom. The third kappa shape index (κ3) is 5.74. The number of amidine groups is 1. The van der Waals surface area contributed by atoms with Gasteiger partial charge in [-0.05, 0) is 30.3 Å². The number of rotatable bonds is 4. The minimum Gasteiger partial charge on any atom is -0.276 e. The smallest absolute Gasteiger partial charge is 0.276 e. The summed E-state index contributed by atoms with van der Waals surface area (Å²) in [5.41, 5.74) is -2.19. The van der Waals surface area contributed by atoms with E-state index in [-0.39, 0.29) is 5.69 Å². The van der Waals surface area contributed by atoms with Crippen molar-refractivity contribution in [3.8, 4) is 6.07 Å². The van der Waals surface area contributed by atoms with Crippen LogP contribution in [-0.2, 0) is 12.4 Å². The molecule has 0 unspecified atom stereocenters. The first kappa shape index (κ1) is 22.3. The van der Waals surface area contributed by atoms with Crippen molar-refractivity contribution >= 4 is 22.9 Å². The van der Waals surface area contributed by atoms with Gasteiger partial charge in [-0.25, -0.2) is 0 Å². The van der Waals surface area contributed by atoms with E-state index < -0.39 is 45.6 Å². The first-order valence-corrected chi connectivity index (χ1v) is 7.60. The molecule has 2 aromatic rings. The number of halogens is 6. The molecular weight excluding hydrogens is 422 g/mol. The highest BCUT2D eigenvalue weighted by atomic mass is 19.4. The normalized spacial score (nSPS) is 12.6. The fraction of sp³-hybridized carbons (Fsp3) is 0.125. The molecule has 30 heavy (non-hydrogen) atoms. The fourth-order valence-electron chi connectivity index (χ4n) is 2.03. The first-order valence-electron chi connectivity index (χ1n) is 7.60. The van der Waals surface area contributed by atoms with E-state index >= 15 is 0 Å². The van der Waals surface area contributed by atoms with E-state index in [1.54, 1.807) is 0 Å². The Morgan fingerprint density at radius 2 is 1.77 bits per heavy atom. The van der Waals surface area contributed by atoms with E-state index in [0.29, 0.717) is 18.2 Å². The Hall–Kier alpha value is -4.02. The quantitative estimate of drug-likeness (QED) is 0.168. The monoisotopic (exact) mass is 430 g/mol. The molecule has 0 fully saturated rings. The predicted molar refractivity (Wildman–Crippen MR) is 90.7 cm³/mol. The molecule has 156 valence electrons. The molecule has 0 aliphatic carbocycles. The van der Waals surface area contributed by atoms with Crippen molar-refractivity contribution in [1.82, 2.24) is 0 Å². The van der Waals surface area contributed by atoms with Crippen LogP contribution in [0.25, 0.3) is 0 Å². The summed E-state index contributed by atoms with van der Waals surface area (Å²) in [6.45, 7) is 0. The maximum atomic E-state index is 12.9. The maximum Gasteiger partial charge on any atom is 0.423 e. The lowest BCUT2D eigenvalue weighted by Gasteiger charge is -2.08. The summed E-state index contributed by atoms with van der Waals surface area (Å²) in [6.07, 6.45) is -9.64. The molecule has 0 aromatic heterocycles. The van der Waals surface area contributed by atoms with Gasteiger partial charge in [-0.3, -0.25) is 15.5 Å². The molecule has 0 aliphatic rings. The average molecular weight is 430 g/mol. The largest absolute Gasteiger partial charge is 0.423 e. The number of azo groups is 1. The Labute approximate surface area is 163 Å². The van der Waals surface area contributed by atoms with Crippen molar-refractivity contribution < 1.29 is 31.3 Å². The zero-order chi connectivity index (χ0) is 22.5. The van der Waals surface area contributed by atoms with Crippen LogP contribution in [0, 0.1) is 21.4 Å². The molecule has 1 N–H and O–H groups in total. The fourth-order valence-corrected chi connectivity index (χ4v) is 2.03. The van der Waals surface area contributed by atoms with Crippen LogP contribution in [-0.4, -0.2) is 10.8 Å². The van der Waals surface area contributed by atoms with Gasteiger partial charge in [0.25, 0.3) is 11.5 Å². The van der Waals surface area contributed by atoms with Crippen molar-refractivity contribution in [3.05, 3.63) is 63.7 Å². The minimum atomic E-state index is -5.04. The van der Waals surface area contributed by atoms with Gasteiger partial charge >= 0.3 is 12.4 Å². The predicted octanol–water partition coefficient (Wildman–Crippen LogP) is 5.67. The summed E-state index contributed by atoms with van der Waals surface area (Å²) in [4.78, 5) is 9.49. The standard InChI is InChI=1S/C16H8F6N6O2/c17-15(18,19)9-2-1-3-10(6-9)24-26-14(8-23)27-25-11-4-5-13(28(29)30)12(7-11)16(20,21)22/h1-7,24H/b26-14-,27-25?. The summed E-state index contributed by atoms with van der Waals surface area (Å²) in [7, 11) is 0. The third-order valence-corrected chi connectivity index (χ3v) is 3.32. The number of hydrogen-bond acceptors (Lipinski definition) is 6. The van der Waals surface area contributed by atoms with Crippen LogP contribution in [0.2, 0.25) is 0 Å². The number of nitrogens with one attached hydrogen (secondary N) is 1. The highest BCUT2D eigenvalue weighted by Crippen LogP contribution is 2.38. The molecular formula is C16H8F6N6O2. The van der Waals surface area contributed by atoms with E-state index in [9.17, 15) is 36.5 Å². The number of hydrogen-bond donors (Lipinski definition) is 1. The van der Waals surface area contributed by atoms with Crippen molar-refractivity contribution in [2.75, 3.05) is 5.43 Å². The second-order valence-electron chi connectivity index (χ2n) is 5.39. The van der Waals surface area contributed by atoms with E-state index in [0.717, 1.165) is 18.2 Å². The second kappa shape index (κ2) is 8.55. The summed E-state index contributed by atoms with van der Waals surface area (Å²) >= 11 is 0. The Morgan fingerprint density at radius 1 is 1.07 bits per heavy atom. The van der Waals surface area contributed by atoms with Crippen LogP contribution in [0.1, 0.15) is 11.1 Å². The number of hydrazone groups is 1. The second-order valence-corrected chi connectivity index (χ2v) is 5.39. The Balaban J connectivity index is 2.26. The highest BCUT2D eigenvalue weighted by molar-refractivity contribution is 5.97. The topological polar surface area (TPSA) is 116 Å². The van der Waals surface area contributed by atoms with Crippen LogP contribution >= 0.6 is 0 Å². The lowest BCUT2D eigenvalue weighted by atomic mass is 10.1. The Kier molecular flexibility index (Phi) is 6.35. The molecule has 0 bridgehead atoms. The van der Waals surface area contributed by atoms with Crippen molar-refractivity contribution in [1.29, 1.82) is 5.26 Å². The summed E-state index contributed by atoms with van der Waals surface area (Å²) in [5.74, 6) is -0.723. The van der Waals surface area contributed by atoms with Gasteiger partial charge in [0.2, 0.25) is 0 Å². The van der Waals surface area contributed by atoms with Crippen molar-refractivity contribution in [2.45, 2.75) is 12.4 Å². The number of alkyl halides is 6. The molecule has 0 saturated heterocycles. The molecule has 0 atom stereocenters. The Bertz CT molecular complexity index is 1060. The lowest BCUT2D eigenvalue weighted by Crippen LogP contribution is -2.08. The molecule has 0 spiro atoms. The number of anilines is 1. The van der Waals surface area contributed by atoms with E-state index in [2.05, 4.69) is 20.8 Å². The molecule has 0 heterocycles. The molecule has 2 rings (SSSR count). The summed E-state index contributed by atoms with van der Waals surface area (Å²) in [6, 6.07) is 7.06. The number of nitriles is 1. The minimum absolute atomic E-state index is 0.137. The van der Waals surface area contributed by atoms with Gasteiger partial charge < -0.3 is 0 Å². The van der Waals surface area contributed by atoms with Gasteiger partial charge in [0.15, 0.2) is 0 Å². The number of nitro groups is 1. The lowest BCUT2D eigenvalue weighted by molar-refractivity contribution is -0.388. The molecule has 0 aliphatic heterocycles. The van der Waals surface area contributed by atoms with Gasteiger partial charge in [0.1, 0.15) is 11.6 Å². The summed E-state index contributed by atoms with van der Waals surface area (Å²) in [5, 5.41) is 29.7.